The molecule has 5 nitrogen and oxygen atoms in total. The fourth-order valence-corrected chi connectivity index (χ4v) is 3.63. The lowest BCUT2D eigenvalue weighted by atomic mass is 9.94. The van der Waals surface area contributed by atoms with E-state index in [0.29, 0.717) is 0 Å². The summed E-state index contributed by atoms with van der Waals surface area (Å²) in [7, 11) is 3.66. The van der Waals surface area contributed by atoms with Crippen LogP contribution in [0.25, 0.3) is 10.9 Å². The summed E-state index contributed by atoms with van der Waals surface area (Å²) in [6, 6.07) is 10.4. The molecule has 3 rings (SSSR count). The van der Waals surface area contributed by atoms with E-state index in [4.69, 9.17) is 4.74 Å². The molecule has 5 heteroatoms. The van der Waals surface area contributed by atoms with Gasteiger partial charge in [0.1, 0.15) is 0 Å². The Balaban J connectivity index is 1.60. The summed E-state index contributed by atoms with van der Waals surface area (Å²) in [5, 5.41) is 1.19. The molecular formula is C20H29N3O2. The van der Waals surface area contributed by atoms with E-state index in [1.165, 1.54) is 5.39 Å². The fraction of sp³-hybridized carbons (Fsp3) is 0.550. The van der Waals surface area contributed by atoms with Gasteiger partial charge in [-0.05, 0) is 50.4 Å². The number of methoxy groups -OCH3 is 1. The van der Waals surface area contributed by atoms with Crippen LogP contribution in [0.4, 0.5) is 0 Å². The predicted octanol–water partition coefficient (Wildman–Crippen LogP) is 3.05. The number of rotatable bonds is 6. The second kappa shape index (κ2) is 8.02. The average Bonchev–Trinajstić information content (AvgIpc) is 3.09. The van der Waals surface area contributed by atoms with Crippen molar-refractivity contribution in [2.24, 2.45) is 5.92 Å². The number of aromatic amines is 1. The lowest BCUT2D eigenvalue weighted by Gasteiger charge is -2.34. The van der Waals surface area contributed by atoms with E-state index in [0.717, 1.165) is 50.3 Å². The van der Waals surface area contributed by atoms with Crippen molar-refractivity contribution in [3.05, 3.63) is 36.0 Å². The molecular weight excluding hydrogens is 314 g/mol. The first-order valence-electron chi connectivity index (χ1n) is 9.15. The predicted molar refractivity (Wildman–Crippen MR) is 101 cm³/mol. The number of likely N-dealkylation sites (tertiary alicyclic amines) is 1. The zero-order chi connectivity index (χ0) is 17.8. The van der Waals surface area contributed by atoms with E-state index in [1.807, 2.05) is 24.1 Å². The number of nitrogens with zero attached hydrogens (tertiary/aromatic N) is 2. The third-order valence-corrected chi connectivity index (χ3v) is 5.48. The second-order valence-electron chi connectivity index (χ2n) is 7.05. The van der Waals surface area contributed by atoms with Gasteiger partial charge in [0.05, 0.1) is 12.6 Å². The van der Waals surface area contributed by atoms with Gasteiger partial charge in [-0.2, -0.15) is 0 Å². The maximum absolute atomic E-state index is 12.9. The van der Waals surface area contributed by atoms with Gasteiger partial charge in [-0.15, -0.1) is 0 Å². The van der Waals surface area contributed by atoms with Crippen LogP contribution in [0.3, 0.4) is 0 Å². The minimum absolute atomic E-state index is 0.0476. The fourth-order valence-electron chi connectivity index (χ4n) is 3.63. The van der Waals surface area contributed by atoms with Crippen molar-refractivity contribution < 1.29 is 9.53 Å². The number of hydrogen-bond acceptors (Lipinski definition) is 3. The van der Waals surface area contributed by atoms with Crippen LogP contribution < -0.4 is 0 Å². The van der Waals surface area contributed by atoms with Crippen LogP contribution in [0, 0.1) is 5.92 Å². The SMILES string of the molecule is COCCN1CCC(C(=O)N(C)[C@H](C)c2cc3ccccc3[nH]2)CC1. The number of amides is 1. The van der Waals surface area contributed by atoms with Gasteiger partial charge in [0, 0.05) is 37.8 Å². The molecule has 1 aromatic heterocycles. The van der Waals surface area contributed by atoms with Crippen LogP contribution in [0.5, 0.6) is 0 Å². The average molecular weight is 343 g/mol. The normalized spacial score (nSPS) is 17.7. The Labute approximate surface area is 149 Å². The van der Waals surface area contributed by atoms with E-state index in [2.05, 4.69) is 35.0 Å². The number of carbonyl (C=O) groups is 1. The van der Waals surface area contributed by atoms with Gasteiger partial charge < -0.3 is 19.5 Å². The van der Waals surface area contributed by atoms with Crippen molar-refractivity contribution in [3.8, 4) is 0 Å². The maximum atomic E-state index is 12.9. The summed E-state index contributed by atoms with van der Waals surface area (Å²) in [6.45, 7) is 5.77. The molecule has 136 valence electrons. The van der Waals surface area contributed by atoms with Gasteiger partial charge in [0.25, 0.3) is 0 Å². The van der Waals surface area contributed by atoms with Gasteiger partial charge in [-0.25, -0.2) is 0 Å². The molecule has 0 spiro atoms. The highest BCUT2D eigenvalue weighted by Gasteiger charge is 2.29. The quantitative estimate of drug-likeness (QED) is 0.877. The highest BCUT2D eigenvalue weighted by Crippen LogP contribution is 2.27. The smallest absolute Gasteiger partial charge is 0.226 e. The van der Waals surface area contributed by atoms with Crippen molar-refractivity contribution in [3.63, 3.8) is 0 Å². The van der Waals surface area contributed by atoms with Crippen molar-refractivity contribution in [2.75, 3.05) is 40.4 Å². The molecule has 1 N–H and O–H groups in total. The Bertz CT molecular complexity index is 671. The number of hydrogen-bond donors (Lipinski definition) is 1. The lowest BCUT2D eigenvalue weighted by Crippen LogP contribution is -2.42. The molecule has 1 aliphatic heterocycles. The summed E-state index contributed by atoms with van der Waals surface area (Å²) < 4.78 is 5.14. The van der Waals surface area contributed by atoms with E-state index in [-0.39, 0.29) is 17.9 Å². The van der Waals surface area contributed by atoms with Crippen LogP contribution >= 0.6 is 0 Å². The highest BCUT2D eigenvalue weighted by atomic mass is 16.5. The Morgan fingerprint density at radius 1 is 1.36 bits per heavy atom. The molecule has 1 amide bonds. The molecule has 1 saturated heterocycles. The molecule has 1 aliphatic rings. The number of fused-ring (bicyclic) bond motifs is 1. The molecule has 0 unspecified atom stereocenters. The summed E-state index contributed by atoms with van der Waals surface area (Å²) in [5.74, 6) is 0.396. The number of aromatic nitrogens is 1. The Morgan fingerprint density at radius 3 is 2.76 bits per heavy atom. The van der Waals surface area contributed by atoms with E-state index in [1.54, 1.807) is 7.11 Å². The van der Waals surface area contributed by atoms with Crippen molar-refractivity contribution in [1.82, 2.24) is 14.8 Å². The first-order chi connectivity index (χ1) is 12.1. The molecule has 25 heavy (non-hydrogen) atoms. The summed E-state index contributed by atoms with van der Waals surface area (Å²) >= 11 is 0. The van der Waals surface area contributed by atoms with E-state index in [9.17, 15) is 4.79 Å². The molecule has 0 bridgehead atoms. The van der Waals surface area contributed by atoms with Gasteiger partial charge in [0.15, 0.2) is 0 Å². The van der Waals surface area contributed by atoms with Crippen molar-refractivity contribution in [1.29, 1.82) is 0 Å². The van der Waals surface area contributed by atoms with Crippen LogP contribution in [0.2, 0.25) is 0 Å². The lowest BCUT2D eigenvalue weighted by molar-refractivity contribution is -0.137. The molecule has 0 radical (unpaired) electrons. The van der Waals surface area contributed by atoms with Gasteiger partial charge in [-0.3, -0.25) is 4.79 Å². The first-order valence-corrected chi connectivity index (χ1v) is 9.15. The third-order valence-electron chi connectivity index (χ3n) is 5.48. The zero-order valence-electron chi connectivity index (χ0n) is 15.5. The van der Waals surface area contributed by atoms with Crippen LogP contribution in [0.1, 0.15) is 31.5 Å². The number of piperidine rings is 1. The minimum atomic E-state index is 0.0476. The van der Waals surface area contributed by atoms with Crippen LogP contribution in [-0.2, 0) is 9.53 Å². The van der Waals surface area contributed by atoms with Crippen LogP contribution in [-0.4, -0.2) is 61.1 Å². The summed E-state index contributed by atoms with van der Waals surface area (Å²) in [5.41, 5.74) is 2.21. The Kier molecular flexibility index (Phi) is 5.76. The number of benzene rings is 1. The first kappa shape index (κ1) is 18.0. The monoisotopic (exact) mass is 343 g/mol. The highest BCUT2D eigenvalue weighted by molar-refractivity contribution is 5.82. The molecule has 1 atom stereocenters. The van der Waals surface area contributed by atoms with Gasteiger partial charge >= 0.3 is 0 Å². The molecule has 0 saturated carbocycles. The topological polar surface area (TPSA) is 48.6 Å². The zero-order valence-corrected chi connectivity index (χ0v) is 15.5. The Hall–Kier alpha value is -1.85. The number of para-hydroxylation sites is 1. The molecule has 2 heterocycles. The van der Waals surface area contributed by atoms with Crippen molar-refractivity contribution in [2.45, 2.75) is 25.8 Å². The second-order valence-corrected chi connectivity index (χ2v) is 7.05. The molecule has 1 fully saturated rings. The van der Waals surface area contributed by atoms with E-state index < -0.39 is 0 Å². The molecule has 0 aliphatic carbocycles. The third kappa shape index (κ3) is 4.05. The van der Waals surface area contributed by atoms with E-state index >= 15 is 0 Å². The number of nitrogens with one attached hydrogen (secondary N) is 1. The summed E-state index contributed by atoms with van der Waals surface area (Å²) in [6.07, 6.45) is 1.87. The standard InChI is InChI=1S/C20H29N3O2/c1-15(19-14-17-6-4-5-7-18(17)21-19)22(2)20(24)16-8-10-23(11-9-16)12-13-25-3/h4-7,14-16,21H,8-13H2,1-3H3/t15-/m1/s1. The van der Waals surface area contributed by atoms with Crippen LogP contribution in [0.15, 0.2) is 30.3 Å². The largest absolute Gasteiger partial charge is 0.383 e. The van der Waals surface area contributed by atoms with Gasteiger partial charge in [-0.1, -0.05) is 18.2 Å². The summed E-state index contributed by atoms with van der Waals surface area (Å²) in [4.78, 5) is 20.7. The number of ether oxygens (including phenoxy) is 1. The Morgan fingerprint density at radius 2 is 2.08 bits per heavy atom. The number of H-pyrrole nitrogens is 1. The molecule has 1 aromatic carbocycles. The maximum Gasteiger partial charge on any atom is 0.226 e. The number of carbonyl (C=O) groups excluding carboxylic acids is 1. The molecule has 2 aromatic rings. The minimum Gasteiger partial charge on any atom is -0.383 e. The van der Waals surface area contributed by atoms with Crippen molar-refractivity contribution >= 4 is 16.8 Å². The van der Waals surface area contributed by atoms with Gasteiger partial charge in [0.2, 0.25) is 5.91 Å².